The minimum Gasteiger partial charge on any atom is -0.370 e. The van der Waals surface area contributed by atoms with Gasteiger partial charge in [-0.1, -0.05) is 13.8 Å². The van der Waals surface area contributed by atoms with Crippen LogP contribution in [0.25, 0.3) is 11.4 Å². The summed E-state index contributed by atoms with van der Waals surface area (Å²) in [6, 6.07) is 3.92. The molecule has 0 aliphatic heterocycles. The first-order valence-corrected chi connectivity index (χ1v) is 6.34. The van der Waals surface area contributed by atoms with Gasteiger partial charge in [0.15, 0.2) is 0 Å². The molecule has 0 aromatic carbocycles. The van der Waals surface area contributed by atoms with Gasteiger partial charge in [0.25, 0.3) is 0 Å². The highest BCUT2D eigenvalue weighted by atomic mass is 15.3. The molecule has 5 nitrogen and oxygen atoms in total. The molecule has 18 heavy (non-hydrogen) atoms. The Bertz CT molecular complexity index is 518. The highest BCUT2D eigenvalue weighted by Crippen LogP contribution is 2.18. The molecule has 0 aliphatic rings. The smallest absolute Gasteiger partial charge is 0.131 e. The van der Waals surface area contributed by atoms with Crippen molar-refractivity contribution < 1.29 is 0 Å². The van der Waals surface area contributed by atoms with Crippen LogP contribution in [0.3, 0.4) is 0 Å². The lowest BCUT2D eigenvalue weighted by molar-refractivity contribution is 0.769. The number of nitrogens with zero attached hydrogens (tertiary/aromatic N) is 4. The van der Waals surface area contributed by atoms with Gasteiger partial charge in [-0.15, -0.1) is 0 Å². The number of hydrogen-bond donors (Lipinski definition) is 1. The Labute approximate surface area is 107 Å². The Hall–Kier alpha value is -1.91. The van der Waals surface area contributed by atoms with Gasteiger partial charge in [0.2, 0.25) is 0 Å². The number of rotatable bonds is 5. The number of aryl methyl sites for hydroxylation is 2. The number of aromatic nitrogens is 4. The first-order chi connectivity index (χ1) is 8.72. The van der Waals surface area contributed by atoms with Crippen molar-refractivity contribution in [1.82, 2.24) is 19.7 Å². The van der Waals surface area contributed by atoms with Gasteiger partial charge in [-0.05, 0) is 12.5 Å². The van der Waals surface area contributed by atoms with E-state index in [0.29, 0.717) is 0 Å². The molecule has 0 atom stereocenters. The summed E-state index contributed by atoms with van der Waals surface area (Å²) in [4.78, 5) is 8.98. The molecule has 0 unspecified atom stereocenters. The van der Waals surface area contributed by atoms with Gasteiger partial charge in [-0.3, -0.25) is 4.68 Å². The summed E-state index contributed by atoms with van der Waals surface area (Å²) in [5.41, 5.74) is 1.76. The minimum atomic E-state index is 0.821. The van der Waals surface area contributed by atoms with Crippen LogP contribution in [0.4, 0.5) is 5.82 Å². The maximum atomic E-state index is 4.52. The molecule has 1 N–H and O–H groups in total. The van der Waals surface area contributed by atoms with Crippen molar-refractivity contribution in [3.8, 4) is 11.4 Å². The molecule has 0 bridgehead atoms. The standard InChI is InChI=1S/C13H19N5/c1-4-7-14-13-9-11(15-12(5-2)16-13)10-6-8-18(3)17-10/h6,8-9H,4-5,7H2,1-3H3,(H,14,15,16). The van der Waals surface area contributed by atoms with Gasteiger partial charge in [-0.25, -0.2) is 9.97 Å². The Morgan fingerprint density at radius 2 is 2.06 bits per heavy atom. The molecule has 0 saturated heterocycles. The van der Waals surface area contributed by atoms with Crippen molar-refractivity contribution in [2.24, 2.45) is 7.05 Å². The van der Waals surface area contributed by atoms with Crippen molar-refractivity contribution in [3.05, 3.63) is 24.2 Å². The van der Waals surface area contributed by atoms with Gasteiger partial charge in [-0.2, -0.15) is 5.10 Å². The van der Waals surface area contributed by atoms with Crippen LogP contribution in [0.15, 0.2) is 18.3 Å². The van der Waals surface area contributed by atoms with Crippen molar-refractivity contribution in [1.29, 1.82) is 0 Å². The number of anilines is 1. The zero-order valence-electron chi connectivity index (χ0n) is 11.1. The highest BCUT2D eigenvalue weighted by molar-refractivity contribution is 5.58. The van der Waals surface area contributed by atoms with Crippen LogP contribution in [0.5, 0.6) is 0 Å². The van der Waals surface area contributed by atoms with Crippen LogP contribution in [0.2, 0.25) is 0 Å². The lowest BCUT2D eigenvalue weighted by atomic mass is 10.3. The van der Waals surface area contributed by atoms with Crippen molar-refractivity contribution >= 4 is 5.82 Å². The van der Waals surface area contributed by atoms with Crippen LogP contribution < -0.4 is 5.32 Å². The van der Waals surface area contributed by atoms with Crippen molar-refractivity contribution in [2.45, 2.75) is 26.7 Å². The van der Waals surface area contributed by atoms with E-state index in [-0.39, 0.29) is 0 Å². The summed E-state index contributed by atoms with van der Waals surface area (Å²) >= 11 is 0. The maximum absolute atomic E-state index is 4.52. The zero-order valence-corrected chi connectivity index (χ0v) is 11.1. The molecule has 0 amide bonds. The summed E-state index contributed by atoms with van der Waals surface area (Å²) in [5.74, 6) is 1.72. The molecule has 0 spiro atoms. The van der Waals surface area contributed by atoms with Gasteiger partial charge in [0, 0.05) is 32.3 Å². The van der Waals surface area contributed by atoms with E-state index in [2.05, 4.69) is 34.2 Å². The van der Waals surface area contributed by atoms with E-state index >= 15 is 0 Å². The molecular formula is C13H19N5. The van der Waals surface area contributed by atoms with Crippen LogP contribution in [0, 0.1) is 0 Å². The molecule has 0 saturated carbocycles. The van der Waals surface area contributed by atoms with E-state index in [1.54, 1.807) is 4.68 Å². The highest BCUT2D eigenvalue weighted by Gasteiger charge is 2.07. The molecule has 0 radical (unpaired) electrons. The molecule has 2 rings (SSSR count). The van der Waals surface area contributed by atoms with E-state index < -0.39 is 0 Å². The summed E-state index contributed by atoms with van der Waals surface area (Å²) < 4.78 is 1.78. The Kier molecular flexibility index (Phi) is 3.92. The molecule has 5 heteroatoms. The minimum absolute atomic E-state index is 0.821. The number of nitrogens with one attached hydrogen (secondary N) is 1. The lowest BCUT2D eigenvalue weighted by Gasteiger charge is -2.07. The summed E-state index contributed by atoms with van der Waals surface area (Å²) in [5, 5.41) is 7.68. The van der Waals surface area contributed by atoms with Gasteiger partial charge in [0.1, 0.15) is 17.3 Å². The first kappa shape index (κ1) is 12.5. The van der Waals surface area contributed by atoms with Crippen molar-refractivity contribution in [3.63, 3.8) is 0 Å². The summed E-state index contributed by atoms with van der Waals surface area (Å²) in [6.07, 6.45) is 3.81. The average molecular weight is 245 g/mol. The SMILES string of the molecule is CCCNc1cc(-c2ccn(C)n2)nc(CC)n1. The lowest BCUT2D eigenvalue weighted by Crippen LogP contribution is -2.05. The van der Waals surface area contributed by atoms with E-state index in [0.717, 1.165) is 42.4 Å². The fourth-order valence-electron chi connectivity index (χ4n) is 1.68. The Balaban J connectivity index is 2.34. The van der Waals surface area contributed by atoms with Crippen LogP contribution in [-0.4, -0.2) is 26.3 Å². The Morgan fingerprint density at radius 3 is 2.67 bits per heavy atom. The van der Waals surface area contributed by atoms with Crippen LogP contribution >= 0.6 is 0 Å². The molecule has 0 aliphatic carbocycles. The fourth-order valence-corrected chi connectivity index (χ4v) is 1.68. The fraction of sp³-hybridized carbons (Fsp3) is 0.462. The first-order valence-electron chi connectivity index (χ1n) is 6.34. The predicted molar refractivity (Wildman–Crippen MR) is 72.4 cm³/mol. The van der Waals surface area contributed by atoms with E-state index in [1.165, 1.54) is 0 Å². The van der Waals surface area contributed by atoms with Gasteiger partial charge in [0.05, 0.1) is 5.69 Å². The quantitative estimate of drug-likeness (QED) is 0.878. The normalized spacial score (nSPS) is 10.6. The van der Waals surface area contributed by atoms with Crippen LogP contribution in [-0.2, 0) is 13.5 Å². The second-order valence-electron chi connectivity index (χ2n) is 4.21. The topological polar surface area (TPSA) is 55.6 Å². The third-order valence-corrected chi connectivity index (χ3v) is 2.62. The summed E-state index contributed by atoms with van der Waals surface area (Å²) in [6.45, 7) is 5.11. The van der Waals surface area contributed by atoms with Gasteiger partial charge >= 0.3 is 0 Å². The third kappa shape index (κ3) is 2.85. The molecule has 96 valence electrons. The predicted octanol–water partition coefficient (Wildman–Crippen LogP) is 2.26. The molecule has 2 aromatic heterocycles. The second-order valence-corrected chi connectivity index (χ2v) is 4.21. The maximum Gasteiger partial charge on any atom is 0.131 e. The van der Waals surface area contributed by atoms with E-state index in [9.17, 15) is 0 Å². The molecule has 2 heterocycles. The number of hydrogen-bond acceptors (Lipinski definition) is 4. The Morgan fingerprint density at radius 1 is 1.22 bits per heavy atom. The van der Waals surface area contributed by atoms with Gasteiger partial charge < -0.3 is 5.32 Å². The monoisotopic (exact) mass is 245 g/mol. The van der Waals surface area contributed by atoms with Crippen LogP contribution in [0.1, 0.15) is 26.1 Å². The largest absolute Gasteiger partial charge is 0.370 e. The summed E-state index contributed by atoms with van der Waals surface area (Å²) in [7, 11) is 1.90. The molecule has 0 fully saturated rings. The third-order valence-electron chi connectivity index (χ3n) is 2.62. The molecular weight excluding hydrogens is 226 g/mol. The molecule has 2 aromatic rings. The zero-order chi connectivity index (χ0) is 13.0. The second kappa shape index (κ2) is 5.62. The van der Waals surface area contributed by atoms with E-state index in [1.807, 2.05) is 25.4 Å². The van der Waals surface area contributed by atoms with Crippen molar-refractivity contribution in [2.75, 3.05) is 11.9 Å². The average Bonchev–Trinajstić information content (AvgIpc) is 2.82. The van der Waals surface area contributed by atoms with E-state index in [4.69, 9.17) is 0 Å².